The van der Waals surface area contributed by atoms with Crippen LogP contribution in [0.4, 0.5) is 9.59 Å². The molecule has 1 aromatic rings. The Kier molecular flexibility index (Phi) is 9.22. The number of nitrogens with zero attached hydrogens (tertiary/aromatic N) is 2. The Morgan fingerprint density at radius 2 is 1.83 bits per heavy atom. The van der Waals surface area contributed by atoms with E-state index >= 15 is 0 Å². The van der Waals surface area contributed by atoms with Gasteiger partial charge in [0.2, 0.25) is 0 Å². The highest BCUT2D eigenvalue weighted by atomic mass is 16.5. The number of carboxylic acid groups (broad SMARTS) is 1. The van der Waals surface area contributed by atoms with E-state index in [1.807, 2.05) is 0 Å². The minimum Gasteiger partial charge on any atom is -0.550 e. The van der Waals surface area contributed by atoms with Gasteiger partial charge in [-0.3, -0.25) is 14.9 Å². The summed E-state index contributed by atoms with van der Waals surface area (Å²) in [6.45, 7) is -1.69. The number of aliphatic carboxylic acids is 1. The van der Waals surface area contributed by atoms with E-state index in [2.05, 4.69) is 20.9 Å². The number of hydrogen-bond acceptors (Lipinski definition) is 8. The number of ether oxygens (including phenoxy) is 1. The van der Waals surface area contributed by atoms with Crippen LogP contribution < -0.4 is 32.5 Å². The summed E-state index contributed by atoms with van der Waals surface area (Å²) in [5.74, 6) is -4.58. The molecule has 6 amide bonds. The molecule has 7 N–H and O–H groups in total. The quantitative estimate of drug-likeness (QED) is 0.0681. The Morgan fingerprint density at radius 1 is 1.14 bits per heavy atom. The predicted octanol–water partition coefficient (Wildman–Crippen LogP) is -3.25. The Bertz CT molecular complexity index is 1010. The first-order valence-electron chi connectivity index (χ1n) is 10.3. The third kappa shape index (κ3) is 8.08. The standard InChI is InChI=1S/C20H25N7O8/c21-18(22)26-14(28)6-7-27(16(30)9-23-19(27)33)10-15(29)24-13(8-17(31)32)25-20(34)35-11-12-4-2-1-3-5-12/h1-5,13H,6-11H2,(H7-,21,22,23,24,25,26,28,29,31,32,33,34). The van der Waals surface area contributed by atoms with Crippen molar-refractivity contribution in [3.8, 4) is 0 Å². The average Bonchev–Trinajstić information content (AvgIpc) is 3.04. The molecule has 0 aromatic heterocycles. The molecule has 0 bridgehead atoms. The molecule has 0 saturated carbocycles. The topological polar surface area (TPSA) is 235 Å². The molecular formula is C20H25N7O8. The fourth-order valence-corrected chi connectivity index (χ4v) is 3.22. The van der Waals surface area contributed by atoms with E-state index in [0.717, 1.165) is 0 Å². The van der Waals surface area contributed by atoms with Gasteiger partial charge in [0.15, 0.2) is 12.5 Å². The first kappa shape index (κ1) is 26.7. The van der Waals surface area contributed by atoms with Gasteiger partial charge < -0.3 is 36.7 Å². The second-order valence-corrected chi connectivity index (χ2v) is 7.48. The van der Waals surface area contributed by atoms with Gasteiger partial charge in [0.05, 0.1) is 6.42 Å². The molecule has 188 valence electrons. The third-order valence-corrected chi connectivity index (χ3v) is 4.84. The summed E-state index contributed by atoms with van der Waals surface area (Å²) in [4.78, 5) is 75.8. The maximum atomic E-state index is 12.7. The van der Waals surface area contributed by atoms with Gasteiger partial charge in [-0.1, -0.05) is 30.3 Å². The van der Waals surface area contributed by atoms with Crippen molar-refractivity contribution in [1.82, 2.24) is 16.0 Å². The van der Waals surface area contributed by atoms with Crippen LogP contribution in [0.25, 0.3) is 0 Å². The molecule has 2 atom stereocenters. The van der Waals surface area contributed by atoms with Crippen molar-refractivity contribution in [2.45, 2.75) is 25.6 Å². The smallest absolute Gasteiger partial charge is 0.425 e. The molecule has 1 aliphatic heterocycles. The van der Waals surface area contributed by atoms with E-state index in [-0.39, 0.29) is 13.2 Å². The summed E-state index contributed by atoms with van der Waals surface area (Å²) >= 11 is 0. The third-order valence-electron chi connectivity index (χ3n) is 4.84. The number of rotatable bonds is 11. The van der Waals surface area contributed by atoms with E-state index in [9.17, 15) is 33.9 Å². The average molecular weight is 491 g/mol. The molecule has 1 fully saturated rings. The summed E-state index contributed by atoms with van der Waals surface area (Å²) in [7, 11) is 0. The fraction of sp³-hybridized carbons (Fsp3) is 0.350. The lowest BCUT2D eigenvalue weighted by Gasteiger charge is -2.27. The van der Waals surface area contributed by atoms with Crippen LogP contribution in [0.15, 0.2) is 35.3 Å². The maximum absolute atomic E-state index is 12.7. The Morgan fingerprint density at radius 3 is 2.40 bits per heavy atom. The molecule has 1 saturated heterocycles. The highest BCUT2D eigenvalue weighted by molar-refractivity contribution is 5.96. The molecule has 2 rings (SSSR count). The lowest BCUT2D eigenvalue weighted by molar-refractivity contribution is -0.758. The van der Waals surface area contributed by atoms with Gasteiger partial charge in [0.1, 0.15) is 25.9 Å². The normalized spacial score (nSPS) is 17.6. The van der Waals surface area contributed by atoms with E-state index in [1.54, 1.807) is 30.3 Å². The number of benzene rings is 1. The number of carbonyl (C=O) groups is 6. The number of alkyl carbamates (subject to hydrolysis) is 1. The van der Waals surface area contributed by atoms with Crippen LogP contribution in [0.5, 0.6) is 0 Å². The molecule has 0 aliphatic carbocycles. The van der Waals surface area contributed by atoms with E-state index in [4.69, 9.17) is 16.2 Å². The predicted molar refractivity (Wildman–Crippen MR) is 115 cm³/mol. The molecule has 15 heteroatoms. The van der Waals surface area contributed by atoms with Crippen molar-refractivity contribution in [1.29, 1.82) is 0 Å². The number of aliphatic imine (C=N–C) groups is 1. The number of carboxylic acids is 1. The van der Waals surface area contributed by atoms with Gasteiger partial charge in [0, 0.05) is 12.4 Å². The van der Waals surface area contributed by atoms with Gasteiger partial charge in [-0.2, -0.15) is 9.48 Å². The zero-order valence-corrected chi connectivity index (χ0v) is 18.5. The monoisotopic (exact) mass is 491 g/mol. The number of guanidine groups is 1. The number of hydrogen-bond donors (Lipinski definition) is 5. The maximum Gasteiger partial charge on any atom is 0.425 e. The molecule has 1 heterocycles. The van der Waals surface area contributed by atoms with E-state index in [1.165, 1.54) is 0 Å². The fourth-order valence-electron chi connectivity index (χ4n) is 3.22. The largest absolute Gasteiger partial charge is 0.550 e. The SMILES string of the molecule is NC(N)=NC(=O)CC[N+]1(CC(=O)NC(CC(=O)[O-])NC(=O)OCc2ccccc2)C(=O)CNC1=O. The van der Waals surface area contributed by atoms with Crippen LogP contribution in [0, 0.1) is 0 Å². The molecule has 1 aromatic carbocycles. The number of quaternary nitrogens is 1. The number of nitrogens with one attached hydrogen (secondary N) is 3. The van der Waals surface area contributed by atoms with Gasteiger partial charge in [-0.05, 0) is 5.56 Å². The Labute approximate surface area is 199 Å². The molecule has 2 unspecified atom stereocenters. The Hall–Kier alpha value is -4.53. The number of imide groups is 1. The second kappa shape index (κ2) is 12.1. The minimum atomic E-state index is -1.60. The van der Waals surface area contributed by atoms with Crippen LogP contribution in [0.3, 0.4) is 0 Å². The van der Waals surface area contributed by atoms with Crippen molar-refractivity contribution < 1.29 is 43.1 Å². The first-order chi connectivity index (χ1) is 16.5. The second-order valence-electron chi connectivity index (χ2n) is 7.48. The zero-order valence-electron chi connectivity index (χ0n) is 18.5. The lowest BCUT2D eigenvalue weighted by Crippen LogP contribution is -2.61. The van der Waals surface area contributed by atoms with Crippen LogP contribution in [-0.2, 0) is 30.5 Å². The highest BCUT2D eigenvalue weighted by Crippen LogP contribution is 2.16. The molecule has 0 radical (unpaired) electrons. The minimum absolute atomic E-state index is 0.114. The number of nitrogens with two attached hydrogens (primary N) is 2. The van der Waals surface area contributed by atoms with Crippen molar-refractivity contribution >= 4 is 41.8 Å². The molecule has 15 nitrogen and oxygen atoms in total. The van der Waals surface area contributed by atoms with Crippen LogP contribution in [-0.4, -0.2) is 72.1 Å². The van der Waals surface area contributed by atoms with Crippen LogP contribution >= 0.6 is 0 Å². The summed E-state index contributed by atoms with van der Waals surface area (Å²) in [5.41, 5.74) is 10.9. The van der Waals surface area contributed by atoms with Gasteiger partial charge in [0.25, 0.3) is 11.8 Å². The van der Waals surface area contributed by atoms with Gasteiger partial charge in [-0.25, -0.2) is 14.4 Å². The first-order valence-corrected chi connectivity index (χ1v) is 10.3. The van der Waals surface area contributed by atoms with Crippen molar-refractivity contribution in [3.05, 3.63) is 35.9 Å². The van der Waals surface area contributed by atoms with Crippen molar-refractivity contribution in [2.24, 2.45) is 16.5 Å². The zero-order chi connectivity index (χ0) is 26.0. The number of urea groups is 1. The molecule has 35 heavy (non-hydrogen) atoms. The molecule has 1 aliphatic rings. The Balaban J connectivity index is 2.04. The number of amides is 6. The van der Waals surface area contributed by atoms with Gasteiger partial charge >= 0.3 is 18.0 Å². The summed E-state index contributed by atoms with van der Waals surface area (Å²) < 4.78 is 3.92. The van der Waals surface area contributed by atoms with Gasteiger partial charge in [-0.15, -0.1) is 0 Å². The van der Waals surface area contributed by atoms with Crippen molar-refractivity contribution in [3.63, 3.8) is 0 Å². The number of carbonyl (C=O) groups excluding carboxylic acids is 6. The lowest BCUT2D eigenvalue weighted by atomic mass is 10.2. The summed E-state index contributed by atoms with van der Waals surface area (Å²) in [6.07, 6.45) is -3.76. The van der Waals surface area contributed by atoms with E-state index < -0.39 is 78.4 Å². The highest BCUT2D eigenvalue weighted by Gasteiger charge is 2.51. The van der Waals surface area contributed by atoms with E-state index in [0.29, 0.717) is 5.56 Å². The van der Waals surface area contributed by atoms with Crippen LogP contribution in [0.2, 0.25) is 0 Å². The van der Waals surface area contributed by atoms with Crippen molar-refractivity contribution in [2.75, 3.05) is 19.6 Å². The molecular weight excluding hydrogens is 466 g/mol. The summed E-state index contributed by atoms with van der Waals surface area (Å²) in [6, 6.07) is 7.80. The summed E-state index contributed by atoms with van der Waals surface area (Å²) in [5, 5.41) is 17.8. The van der Waals surface area contributed by atoms with Crippen LogP contribution in [0.1, 0.15) is 18.4 Å². The molecule has 0 spiro atoms.